The second-order valence-electron chi connectivity index (χ2n) is 13.4. The first-order valence-electron chi connectivity index (χ1n) is 18.0. The van der Waals surface area contributed by atoms with Gasteiger partial charge < -0.3 is 10.6 Å². The van der Waals surface area contributed by atoms with Gasteiger partial charge in [-0.3, -0.25) is 23.8 Å². The molecule has 7 aromatic rings. The Morgan fingerprint density at radius 2 is 1.23 bits per heavy atom. The summed E-state index contributed by atoms with van der Waals surface area (Å²) in [6, 6.07) is 29.2. The van der Waals surface area contributed by atoms with Crippen LogP contribution in [0.4, 0.5) is 50.1 Å². The molecule has 0 amide bonds. The normalized spacial score (nSPS) is 12.0. The van der Waals surface area contributed by atoms with E-state index >= 15 is 0 Å². The fraction of sp³-hybridized carbons (Fsp3) is 0.0250. The first kappa shape index (κ1) is 45.2. The Balaban J connectivity index is 1.38. The Morgan fingerprint density at radius 3 is 1.78 bits per heavy atom. The Labute approximate surface area is 372 Å². The predicted octanol–water partition coefficient (Wildman–Crippen LogP) is 9.98. The van der Waals surface area contributed by atoms with Crippen LogP contribution in [0.3, 0.4) is 0 Å². The summed E-state index contributed by atoms with van der Waals surface area (Å²) in [6.45, 7) is 1.51. The maximum atomic E-state index is 12.0. The van der Waals surface area contributed by atoms with Crippen LogP contribution in [0.5, 0.6) is 0 Å². The summed E-state index contributed by atoms with van der Waals surface area (Å²) in [6.07, 6.45) is 0. The van der Waals surface area contributed by atoms with Gasteiger partial charge in [-0.2, -0.15) is 35.8 Å². The van der Waals surface area contributed by atoms with Crippen molar-refractivity contribution in [3.8, 4) is 23.3 Å². The number of aromatic nitrogens is 1. The summed E-state index contributed by atoms with van der Waals surface area (Å²) >= 11 is 0.826. The molecular formula is C40H26N10O11S4. The summed E-state index contributed by atoms with van der Waals surface area (Å²) in [4.78, 5) is 13.2. The number of anilines is 4. The van der Waals surface area contributed by atoms with Crippen molar-refractivity contribution in [2.45, 2.75) is 21.6 Å². The van der Waals surface area contributed by atoms with Gasteiger partial charge in [0.15, 0.2) is 21.5 Å². The average molecular weight is 951 g/mol. The van der Waals surface area contributed by atoms with Gasteiger partial charge in [0, 0.05) is 28.6 Å². The van der Waals surface area contributed by atoms with Gasteiger partial charge in [-0.25, -0.2) is 4.98 Å². The van der Waals surface area contributed by atoms with E-state index < -0.39 is 55.7 Å². The van der Waals surface area contributed by atoms with E-state index in [-0.39, 0.29) is 66.6 Å². The maximum absolute atomic E-state index is 12.0. The van der Waals surface area contributed by atoms with E-state index in [1.165, 1.54) is 31.2 Å². The topological polar surface area (TPSA) is 340 Å². The van der Waals surface area contributed by atoms with Gasteiger partial charge in [0.05, 0.1) is 26.0 Å². The van der Waals surface area contributed by atoms with Gasteiger partial charge in [0.25, 0.3) is 25.9 Å². The van der Waals surface area contributed by atoms with Crippen LogP contribution >= 0.6 is 11.3 Å². The summed E-state index contributed by atoms with van der Waals surface area (Å²) in [5.74, 6) is -0.126. The lowest BCUT2D eigenvalue weighted by molar-refractivity contribution is -0.387. The number of hydrogen-bond acceptors (Lipinski definition) is 18. The van der Waals surface area contributed by atoms with Crippen LogP contribution in [0.25, 0.3) is 21.9 Å². The van der Waals surface area contributed by atoms with Crippen molar-refractivity contribution in [1.29, 1.82) is 10.5 Å². The molecule has 0 saturated carbocycles. The highest BCUT2D eigenvalue weighted by Gasteiger charge is 2.26. The minimum atomic E-state index is -5.07. The molecule has 5 aromatic carbocycles. The van der Waals surface area contributed by atoms with Crippen LogP contribution in [-0.2, 0) is 30.4 Å². The van der Waals surface area contributed by atoms with Gasteiger partial charge in [0.1, 0.15) is 28.4 Å². The van der Waals surface area contributed by atoms with Crippen molar-refractivity contribution in [3.05, 3.63) is 136 Å². The average Bonchev–Trinajstić information content (AvgIpc) is 3.62. The van der Waals surface area contributed by atoms with Crippen LogP contribution in [0, 0.1) is 39.7 Å². The molecule has 0 fully saturated rings. The Bertz CT molecular complexity index is 3590. The lowest BCUT2D eigenvalue weighted by atomic mass is 10.00. The summed E-state index contributed by atoms with van der Waals surface area (Å²) < 4.78 is 99.4. The summed E-state index contributed by atoms with van der Waals surface area (Å²) in [5, 5.41) is 57.3. The number of nitrogens with zero attached hydrogens (tertiary/aromatic N) is 8. The number of nitro groups is 1. The largest absolute Gasteiger partial charge is 0.339 e. The number of rotatable bonds is 13. The van der Waals surface area contributed by atoms with Crippen molar-refractivity contribution in [1.82, 2.24) is 4.98 Å². The third-order valence-corrected chi connectivity index (χ3v) is 12.9. The van der Waals surface area contributed by atoms with Gasteiger partial charge in [-0.1, -0.05) is 47.7 Å². The Morgan fingerprint density at radius 1 is 0.662 bits per heavy atom. The van der Waals surface area contributed by atoms with Crippen LogP contribution in [-0.4, -0.2) is 48.8 Å². The molecule has 0 aliphatic carbocycles. The highest BCUT2D eigenvalue weighted by atomic mass is 32.2. The molecule has 326 valence electrons. The number of thiophene rings is 1. The molecule has 2 aromatic heterocycles. The molecule has 65 heavy (non-hydrogen) atoms. The standard InChI is InChI=1S/C40H26N10O11S4/c1-22-31(20-41)37(43-26-8-13-29(14-9-26)63(53,54)55)45-38(44-27-10-15-30(16-11-27)64(56,57)58)36(22)47-48-39-32(21-42)35(25-7-6-23-4-2-3-5-24(23)18-25)40(62-39)49-46-28-12-17-33(50(51)52)34(19-28)65(59,60)61/h2-19H,1H3,(H2,43,44,45)(H,53,54,55)(H,56,57,58)(H,59,60,61)/b48-47+,49-46+. The van der Waals surface area contributed by atoms with Crippen molar-refractivity contribution >= 4 is 103 Å². The molecule has 25 heteroatoms. The summed E-state index contributed by atoms with van der Waals surface area (Å²) in [5.41, 5.74) is 0.0963. The molecule has 0 spiro atoms. The fourth-order valence-corrected chi connectivity index (χ4v) is 8.77. The number of pyridine rings is 1. The van der Waals surface area contributed by atoms with E-state index in [2.05, 4.69) is 42.1 Å². The highest BCUT2D eigenvalue weighted by molar-refractivity contribution is 7.86. The molecular weight excluding hydrogens is 925 g/mol. The Kier molecular flexibility index (Phi) is 12.3. The zero-order valence-electron chi connectivity index (χ0n) is 32.7. The minimum Gasteiger partial charge on any atom is -0.339 e. The lowest BCUT2D eigenvalue weighted by Gasteiger charge is -2.16. The van der Waals surface area contributed by atoms with Crippen LogP contribution in [0.2, 0.25) is 0 Å². The van der Waals surface area contributed by atoms with Crippen LogP contribution in [0.15, 0.2) is 144 Å². The smallest absolute Gasteiger partial charge is 0.301 e. The SMILES string of the molecule is Cc1c(C#N)c(Nc2ccc(S(=O)(=O)O)cc2)nc(Nc2ccc(S(=O)(=O)O)cc2)c1/N=N/c1sc(/N=N/c2ccc([N+](=O)[O-])c(S(=O)(=O)O)c2)c(-c2ccc3ccccc3c2)c1C#N. The second kappa shape index (κ2) is 17.7. The predicted molar refractivity (Wildman–Crippen MR) is 236 cm³/mol. The van der Waals surface area contributed by atoms with E-state index in [9.17, 15) is 59.5 Å². The quantitative estimate of drug-likeness (QED) is 0.0310. The minimum absolute atomic E-state index is 0.0329. The molecule has 0 aliphatic heterocycles. The number of nitrogens with one attached hydrogen (secondary N) is 2. The molecule has 0 radical (unpaired) electrons. The lowest BCUT2D eigenvalue weighted by Crippen LogP contribution is -2.05. The summed E-state index contributed by atoms with van der Waals surface area (Å²) in [7, 11) is -14.1. The van der Waals surface area contributed by atoms with Crippen LogP contribution < -0.4 is 10.6 Å². The molecule has 21 nitrogen and oxygen atoms in total. The van der Waals surface area contributed by atoms with E-state index in [1.54, 1.807) is 18.2 Å². The van der Waals surface area contributed by atoms with Gasteiger partial charge >= 0.3 is 10.1 Å². The van der Waals surface area contributed by atoms with Crippen molar-refractivity contribution < 1.29 is 43.8 Å². The van der Waals surface area contributed by atoms with E-state index in [4.69, 9.17) is 0 Å². The van der Waals surface area contributed by atoms with Gasteiger partial charge in [-0.15, -0.1) is 20.5 Å². The number of fused-ring (bicyclic) bond motifs is 1. The fourth-order valence-electron chi connectivity index (χ4n) is 6.21. The van der Waals surface area contributed by atoms with Crippen molar-refractivity contribution in [2.24, 2.45) is 20.5 Å². The van der Waals surface area contributed by atoms with Crippen molar-refractivity contribution in [3.63, 3.8) is 0 Å². The molecule has 0 aliphatic rings. The van der Waals surface area contributed by atoms with Gasteiger partial charge in [0.2, 0.25) is 0 Å². The van der Waals surface area contributed by atoms with E-state index in [0.29, 0.717) is 5.56 Å². The molecule has 5 N–H and O–H groups in total. The third kappa shape index (κ3) is 9.86. The maximum Gasteiger partial charge on any atom is 0.301 e. The van der Waals surface area contributed by atoms with Gasteiger partial charge in [-0.05, 0) is 90.0 Å². The van der Waals surface area contributed by atoms with Crippen LogP contribution in [0.1, 0.15) is 16.7 Å². The molecule has 0 bridgehead atoms. The van der Waals surface area contributed by atoms with E-state index in [0.717, 1.165) is 64.6 Å². The number of benzene rings is 5. The molecule has 0 saturated heterocycles. The molecule has 0 unspecified atom stereocenters. The molecule has 0 atom stereocenters. The number of nitriles is 2. The molecule has 2 heterocycles. The van der Waals surface area contributed by atoms with Crippen molar-refractivity contribution in [2.75, 3.05) is 10.6 Å². The second-order valence-corrected chi connectivity index (χ2v) is 18.6. The third-order valence-electron chi connectivity index (χ3n) is 9.29. The van der Waals surface area contributed by atoms with E-state index in [1.807, 2.05) is 30.3 Å². The molecule has 7 rings (SSSR count). The Hall–Kier alpha value is -7.88. The number of hydrogen-bond donors (Lipinski definition) is 5. The monoisotopic (exact) mass is 950 g/mol. The number of nitro benzene ring substituents is 1. The zero-order valence-corrected chi connectivity index (χ0v) is 36.0. The highest BCUT2D eigenvalue weighted by Crippen LogP contribution is 2.49. The number of azo groups is 2. The zero-order chi connectivity index (χ0) is 46.8. The first-order valence-corrected chi connectivity index (χ1v) is 23.2. The first-order chi connectivity index (χ1) is 30.7.